The average Bonchev–Trinajstić information content (AvgIpc) is 2.67. The Balaban J connectivity index is 1.85. The molecule has 0 spiro atoms. The lowest BCUT2D eigenvalue weighted by Crippen LogP contribution is -2.20. The van der Waals surface area contributed by atoms with Gasteiger partial charge in [0.15, 0.2) is 0 Å². The third kappa shape index (κ3) is 3.34. The van der Waals surface area contributed by atoms with Crippen molar-refractivity contribution in [3.05, 3.63) is 30.1 Å². The molecule has 1 aromatic carbocycles. The van der Waals surface area contributed by atoms with Gasteiger partial charge in [-0.25, -0.2) is 9.38 Å². The van der Waals surface area contributed by atoms with Crippen LogP contribution in [0.4, 0.5) is 4.39 Å². The fraction of sp³-hybridized carbons (Fsp3) is 0.417. The summed E-state index contributed by atoms with van der Waals surface area (Å²) in [5.74, 6) is 0.376. The lowest BCUT2D eigenvalue weighted by atomic mass is 10.1. The van der Waals surface area contributed by atoms with Crippen molar-refractivity contribution in [1.29, 1.82) is 0 Å². The SMILES string of the molecule is CC(CC1COC(N)=N1)Oc1ccc(F)cc1. The van der Waals surface area contributed by atoms with Crippen molar-refractivity contribution < 1.29 is 13.9 Å². The molecule has 0 bridgehead atoms. The van der Waals surface area contributed by atoms with E-state index in [1.165, 1.54) is 12.1 Å². The molecule has 0 amide bonds. The molecule has 1 aliphatic rings. The van der Waals surface area contributed by atoms with E-state index in [1.807, 2.05) is 6.92 Å². The predicted molar refractivity (Wildman–Crippen MR) is 62.5 cm³/mol. The normalized spacial score (nSPS) is 20.6. The van der Waals surface area contributed by atoms with Crippen LogP contribution in [-0.4, -0.2) is 24.8 Å². The van der Waals surface area contributed by atoms with Gasteiger partial charge in [0, 0.05) is 6.42 Å². The summed E-state index contributed by atoms with van der Waals surface area (Å²) < 4.78 is 23.4. The average molecular weight is 238 g/mol. The molecule has 5 heteroatoms. The first-order valence-corrected chi connectivity index (χ1v) is 5.52. The second-order valence-corrected chi connectivity index (χ2v) is 4.05. The quantitative estimate of drug-likeness (QED) is 0.868. The van der Waals surface area contributed by atoms with E-state index in [2.05, 4.69) is 4.99 Å². The molecular formula is C12H15FN2O2. The lowest BCUT2D eigenvalue weighted by Gasteiger charge is -2.16. The minimum absolute atomic E-state index is 0.0243. The molecule has 2 unspecified atom stereocenters. The van der Waals surface area contributed by atoms with Gasteiger partial charge in [-0.2, -0.15) is 0 Å². The van der Waals surface area contributed by atoms with Gasteiger partial charge in [-0.05, 0) is 31.2 Å². The maximum Gasteiger partial charge on any atom is 0.282 e. The van der Waals surface area contributed by atoms with E-state index in [0.29, 0.717) is 12.4 Å². The summed E-state index contributed by atoms with van der Waals surface area (Å²) in [4.78, 5) is 4.12. The first kappa shape index (κ1) is 11.7. The Hall–Kier alpha value is -1.78. The highest BCUT2D eigenvalue weighted by Crippen LogP contribution is 2.17. The second kappa shape index (κ2) is 5.03. The molecule has 0 saturated carbocycles. The molecule has 1 aliphatic heterocycles. The van der Waals surface area contributed by atoms with Crippen LogP contribution in [0.25, 0.3) is 0 Å². The minimum atomic E-state index is -0.272. The van der Waals surface area contributed by atoms with Crippen LogP contribution in [0.3, 0.4) is 0 Å². The van der Waals surface area contributed by atoms with Crippen molar-refractivity contribution in [2.45, 2.75) is 25.5 Å². The Morgan fingerprint density at radius 1 is 1.53 bits per heavy atom. The van der Waals surface area contributed by atoms with Gasteiger partial charge in [0.2, 0.25) is 0 Å². The Morgan fingerprint density at radius 3 is 2.82 bits per heavy atom. The zero-order chi connectivity index (χ0) is 12.3. The van der Waals surface area contributed by atoms with Gasteiger partial charge in [0.25, 0.3) is 6.02 Å². The third-order valence-electron chi connectivity index (χ3n) is 2.49. The molecule has 2 N–H and O–H groups in total. The van der Waals surface area contributed by atoms with E-state index < -0.39 is 0 Å². The fourth-order valence-corrected chi connectivity index (χ4v) is 1.73. The number of halogens is 1. The molecule has 0 fully saturated rings. The number of hydrogen-bond donors (Lipinski definition) is 1. The van der Waals surface area contributed by atoms with Crippen LogP contribution >= 0.6 is 0 Å². The van der Waals surface area contributed by atoms with Crippen molar-refractivity contribution in [3.63, 3.8) is 0 Å². The van der Waals surface area contributed by atoms with Crippen molar-refractivity contribution in [2.24, 2.45) is 10.7 Å². The van der Waals surface area contributed by atoms with Gasteiger partial charge in [-0.1, -0.05) is 0 Å². The molecule has 92 valence electrons. The highest BCUT2D eigenvalue weighted by molar-refractivity contribution is 5.72. The molecule has 2 atom stereocenters. The van der Waals surface area contributed by atoms with E-state index in [4.69, 9.17) is 15.2 Å². The van der Waals surface area contributed by atoms with E-state index in [1.54, 1.807) is 12.1 Å². The minimum Gasteiger partial charge on any atom is -0.491 e. The van der Waals surface area contributed by atoms with Gasteiger partial charge in [-0.15, -0.1) is 0 Å². The van der Waals surface area contributed by atoms with Crippen LogP contribution in [0.5, 0.6) is 5.75 Å². The highest BCUT2D eigenvalue weighted by Gasteiger charge is 2.20. The summed E-state index contributed by atoms with van der Waals surface area (Å²) in [5.41, 5.74) is 5.42. The maximum absolute atomic E-state index is 12.7. The smallest absolute Gasteiger partial charge is 0.282 e. The summed E-state index contributed by atoms with van der Waals surface area (Å²) in [6.07, 6.45) is 0.696. The van der Waals surface area contributed by atoms with Gasteiger partial charge in [0.1, 0.15) is 18.2 Å². The summed E-state index contributed by atoms with van der Waals surface area (Å²) in [5, 5.41) is 0. The number of rotatable bonds is 4. The van der Waals surface area contributed by atoms with Crippen LogP contribution in [0.15, 0.2) is 29.3 Å². The molecule has 0 saturated heterocycles. The summed E-state index contributed by atoms with van der Waals surface area (Å²) in [6, 6.07) is 6.24. The Morgan fingerprint density at radius 2 is 2.24 bits per heavy atom. The van der Waals surface area contributed by atoms with Crippen LogP contribution in [0, 0.1) is 5.82 Å². The zero-order valence-corrected chi connectivity index (χ0v) is 9.60. The molecule has 0 radical (unpaired) electrons. The van der Waals surface area contributed by atoms with Crippen LogP contribution in [-0.2, 0) is 4.74 Å². The first-order chi connectivity index (χ1) is 8.13. The largest absolute Gasteiger partial charge is 0.491 e. The van der Waals surface area contributed by atoms with Crippen LogP contribution in [0.1, 0.15) is 13.3 Å². The summed E-state index contributed by atoms with van der Waals surface area (Å²) in [7, 11) is 0. The number of hydrogen-bond acceptors (Lipinski definition) is 4. The second-order valence-electron chi connectivity index (χ2n) is 4.05. The monoisotopic (exact) mass is 238 g/mol. The van der Waals surface area contributed by atoms with Gasteiger partial charge in [0.05, 0.1) is 12.1 Å². The van der Waals surface area contributed by atoms with Gasteiger partial charge >= 0.3 is 0 Å². The van der Waals surface area contributed by atoms with Gasteiger partial charge < -0.3 is 15.2 Å². The number of aliphatic imine (C=N–C) groups is 1. The topological polar surface area (TPSA) is 56.8 Å². The van der Waals surface area contributed by atoms with Crippen molar-refractivity contribution in [3.8, 4) is 5.75 Å². The maximum atomic E-state index is 12.7. The molecule has 4 nitrogen and oxygen atoms in total. The number of amidine groups is 1. The number of nitrogens with zero attached hydrogens (tertiary/aromatic N) is 1. The number of benzene rings is 1. The standard InChI is InChI=1S/C12H15FN2O2/c1-8(6-10-7-16-12(14)15-10)17-11-4-2-9(13)3-5-11/h2-5,8,10H,6-7H2,1H3,(H2,14,15). The summed E-state index contributed by atoms with van der Waals surface area (Å²) >= 11 is 0. The number of nitrogens with two attached hydrogens (primary N) is 1. The van der Waals surface area contributed by atoms with Crippen molar-refractivity contribution in [1.82, 2.24) is 0 Å². The fourth-order valence-electron chi connectivity index (χ4n) is 1.73. The zero-order valence-electron chi connectivity index (χ0n) is 9.60. The first-order valence-electron chi connectivity index (χ1n) is 5.52. The number of ether oxygens (including phenoxy) is 2. The van der Waals surface area contributed by atoms with Crippen molar-refractivity contribution in [2.75, 3.05) is 6.61 Å². The highest BCUT2D eigenvalue weighted by atomic mass is 19.1. The molecule has 0 aliphatic carbocycles. The predicted octanol–water partition coefficient (Wildman–Crippen LogP) is 1.70. The molecule has 2 rings (SSSR count). The molecule has 0 aromatic heterocycles. The van der Waals surface area contributed by atoms with Crippen LogP contribution < -0.4 is 10.5 Å². The molecule has 17 heavy (non-hydrogen) atoms. The van der Waals surface area contributed by atoms with Gasteiger partial charge in [-0.3, -0.25) is 0 Å². The molecule has 1 heterocycles. The van der Waals surface area contributed by atoms with E-state index in [-0.39, 0.29) is 24.0 Å². The van der Waals surface area contributed by atoms with E-state index in [0.717, 1.165) is 6.42 Å². The van der Waals surface area contributed by atoms with Crippen molar-refractivity contribution >= 4 is 6.02 Å². The van der Waals surface area contributed by atoms with Crippen LogP contribution in [0.2, 0.25) is 0 Å². The Bertz CT molecular complexity index is 405. The molecular weight excluding hydrogens is 223 g/mol. The summed E-state index contributed by atoms with van der Waals surface area (Å²) in [6.45, 7) is 2.44. The Labute approximate surface area is 99.2 Å². The van der Waals surface area contributed by atoms with E-state index in [9.17, 15) is 4.39 Å². The Kier molecular flexibility index (Phi) is 3.46. The molecule has 1 aromatic rings. The third-order valence-corrected chi connectivity index (χ3v) is 2.49. The van der Waals surface area contributed by atoms with E-state index >= 15 is 0 Å². The lowest BCUT2D eigenvalue weighted by molar-refractivity contribution is 0.189.